The van der Waals surface area contributed by atoms with Crippen LogP contribution in [0.25, 0.3) is 6.08 Å². The lowest BCUT2D eigenvalue weighted by Gasteiger charge is -2.05. The molecule has 5 heteroatoms. The Balaban J connectivity index is 2.26. The smallest absolute Gasteiger partial charge is 0.367 e. The number of nitrogens with zero attached hydrogens (tertiary/aromatic N) is 1. The molecule has 0 saturated heterocycles. The van der Waals surface area contributed by atoms with Gasteiger partial charge in [-0.3, -0.25) is 0 Å². The second kappa shape index (κ2) is 5.59. The lowest BCUT2D eigenvalue weighted by atomic mass is 10.1. The Morgan fingerprint density at radius 1 is 1.58 bits per heavy atom. The number of hydrogen-bond donors (Lipinski definition) is 0. The van der Waals surface area contributed by atoms with Crippen LogP contribution in [0, 0.1) is 12.3 Å². The van der Waals surface area contributed by atoms with E-state index < -0.39 is 5.97 Å². The monoisotopic (exact) mass is 275 g/mol. The summed E-state index contributed by atoms with van der Waals surface area (Å²) < 4.78 is 5.25. The van der Waals surface area contributed by atoms with Gasteiger partial charge in [0.05, 0.1) is 16.3 Å². The predicted molar refractivity (Wildman–Crippen MR) is 73.0 cm³/mol. The van der Waals surface area contributed by atoms with Crippen LogP contribution >= 0.6 is 11.6 Å². The summed E-state index contributed by atoms with van der Waals surface area (Å²) in [5, 5.41) is 4.02. The molecule has 1 aliphatic rings. The Morgan fingerprint density at radius 2 is 2.37 bits per heavy atom. The summed E-state index contributed by atoms with van der Waals surface area (Å²) in [5.41, 5.74) is 1.70. The van der Waals surface area contributed by atoms with Crippen LogP contribution in [-0.2, 0) is 9.63 Å². The van der Waals surface area contributed by atoms with Gasteiger partial charge in [0, 0.05) is 0 Å². The molecule has 0 spiro atoms. The molecule has 4 nitrogen and oxygen atoms in total. The fraction of sp³-hybridized carbons (Fsp3) is 0.143. The van der Waals surface area contributed by atoms with Crippen LogP contribution in [0.15, 0.2) is 28.9 Å². The number of carbonyl (C=O) groups is 1. The number of ether oxygens (including phenoxy) is 1. The van der Waals surface area contributed by atoms with Crippen LogP contribution in [-0.4, -0.2) is 18.3 Å². The molecule has 0 N–H and O–H groups in total. The van der Waals surface area contributed by atoms with Crippen molar-refractivity contribution in [3.63, 3.8) is 0 Å². The topological polar surface area (TPSA) is 47.9 Å². The number of rotatable bonds is 3. The lowest BCUT2D eigenvalue weighted by molar-refractivity contribution is -0.136. The minimum absolute atomic E-state index is 0.151. The van der Waals surface area contributed by atoms with Gasteiger partial charge in [-0.05, 0) is 30.7 Å². The molecular formula is C14H10ClNO3. The molecule has 1 heterocycles. The molecule has 96 valence electrons. The van der Waals surface area contributed by atoms with E-state index in [2.05, 4.69) is 15.9 Å². The molecule has 0 radical (unpaired) electrons. The maximum atomic E-state index is 11.4. The highest BCUT2D eigenvalue weighted by atomic mass is 35.5. The van der Waals surface area contributed by atoms with Crippen LogP contribution in [0.3, 0.4) is 0 Å². The number of halogens is 1. The third kappa shape index (κ3) is 2.95. The maximum Gasteiger partial charge on any atom is 0.367 e. The number of hydrogen-bond acceptors (Lipinski definition) is 4. The second-order valence-electron chi connectivity index (χ2n) is 3.80. The van der Waals surface area contributed by atoms with Gasteiger partial charge in [-0.2, -0.15) is 0 Å². The average Bonchev–Trinajstić information content (AvgIpc) is 2.70. The first-order chi connectivity index (χ1) is 9.11. The van der Waals surface area contributed by atoms with E-state index in [-0.39, 0.29) is 6.61 Å². The summed E-state index contributed by atoms with van der Waals surface area (Å²) in [5.74, 6) is 2.39. The van der Waals surface area contributed by atoms with Crippen molar-refractivity contribution < 1.29 is 14.4 Å². The quantitative estimate of drug-likeness (QED) is 0.484. The van der Waals surface area contributed by atoms with Gasteiger partial charge < -0.3 is 9.57 Å². The molecule has 0 fully saturated rings. The molecule has 0 atom stereocenters. The van der Waals surface area contributed by atoms with Crippen molar-refractivity contribution >= 4 is 29.4 Å². The summed E-state index contributed by atoms with van der Waals surface area (Å²) >= 11 is 6.05. The van der Waals surface area contributed by atoms with Gasteiger partial charge in [0.1, 0.15) is 12.4 Å². The summed E-state index contributed by atoms with van der Waals surface area (Å²) in [4.78, 5) is 16.0. The third-order valence-electron chi connectivity index (χ3n) is 2.45. The Kier molecular flexibility index (Phi) is 3.88. The fourth-order valence-electron chi connectivity index (χ4n) is 1.53. The largest absolute Gasteiger partial charge is 0.479 e. The molecule has 1 aliphatic heterocycles. The molecule has 0 unspecified atom stereocenters. The van der Waals surface area contributed by atoms with Crippen LogP contribution in [0.1, 0.15) is 12.5 Å². The third-order valence-corrected chi connectivity index (χ3v) is 2.75. The summed E-state index contributed by atoms with van der Waals surface area (Å²) in [6.07, 6.45) is 6.76. The van der Waals surface area contributed by atoms with E-state index >= 15 is 0 Å². The van der Waals surface area contributed by atoms with Gasteiger partial charge >= 0.3 is 5.97 Å². The molecule has 0 amide bonds. The van der Waals surface area contributed by atoms with Crippen molar-refractivity contribution in [1.82, 2.24) is 0 Å². The summed E-state index contributed by atoms with van der Waals surface area (Å²) in [7, 11) is 0. The van der Waals surface area contributed by atoms with Gasteiger partial charge in [-0.1, -0.05) is 28.7 Å². The Bertz CT molecular complexity index is 626. The molecule has 0 bridgehead atoms. The van der Waals surface area contributed by atoms with Crippen molar-refractivity contribution in [1.29, 1.82) is 0 Å². The Labute approximate surface area is 115 Å². The zero-order valence-electron chi connectivity index (χ0n) is 10.1. The van der Waals surface area contributed by atoms with E-state index in [4.69, 9.17) is 22.8 Å². The first-order valence-corrected chi connectivity index (χ1v) is 5.83. The van der Waals surface area contributed by atoms with Gasteiger partial charge in [0.2, 0.25) is 0 Å². The van der Waals surface area contributed by atoms with Gasteiger partial charge in [0.25, 0.3) is 0 Å². The standard InChI is InChI=1S/C14H10ClNO3/c1-3-6-18-13-5-4-10(8-12(13)15)7-11-9(2)16-19-14(11)17/h1,4-5,7-8H,6H2,2H3/b11-7+. The molecule has 2 rings (SSSR count). The number of oxime groups is 1. The molecule has 19 heavy (non-hydrogen) atoms. The minimum Gasteiger partial charge on any atom is -0.479 e. The first kappa shape index (κ1) is 13.2. The maximum absolute atomic E-state index is 11.4. The zero-order chi connectivity index (χ0) is 13.8. The average molecular weight is 276 g/mol. The van der Waals surface area contributed by atoms with Crippen molar-refractivity contribution in [2.24, 2.45) is 5.16 Å². The number of benzene rings is 1. The van der Waals surface area contributed by atoms with E-state index in [9.17, 15) is 4.79 Å². The van der Waals surface area contributed by atoms with Crippen molar-refractivity contribution in [3.05, 3.63) is 34.4 Å². The van der Waals surface area contributed by atoms with E-state index in [1.165, 1.54) is 0 Å². The summed E-state index contributed by atoms with van der Waals surface area (Å²) in [6.45, 7) is 1.85. The Hall–Kier alpha value is -2.25. The van der Waals surface area contributed by atoms with E-state index in [1.807, 2.05) is 0 Å². The minimum atomic E-state index is -0.471. The second-order valence-corrected chi connectivity index (χ2v) is 4.20. The van der Waals surface area contributed by atoms with Crippen LogP contribution < -0.4 is 4.74 Å². The van der Waals surface area contributed by atoms with E-state index in [0.717, 1.165) is 5.56 Å². The highest BCUT2D eigenvalue weighted by Crippen LogP contribution is 2.27. The molecule has 0 aromatic heterocycles. The van der Waals surface area contributed by atoms with Crippen molar-refractivity contribution in [2.75, 3.05) is 6.61 Å². The predicted octanol–water partition coefficient (Wildman–Crippen LogP) is 2.67. The lowest BCUT2D eigenvalue weighted by Crippen LogP contribution is -2.01. The summed E-state index contributed by atoms with van der Waals surface area (Å²) in [6, 6.07) is 5.14. The molecule has 0 saturated carbocycles. The fourth-order valence-corrected chi connectivity index (χ4v) is 1.77. The first-order valence-electron chi connectivity index (χ1n) is 5.45. The molecule has 1 aromatic carbocycles. The van der Waals surface area contributed by atoms with Crippen LogP contribution in [0.5, 0.6) is 5.75 Å². The normalized spacial score (nSPS) is 15.9. The SMILES string of the molecule is C#CCOc1ccc(/C=C2/C(=O)ON=C2C)cc1Cl. The van der Waals surface area contributed by atoms with Gasteiger partial charge in [0.15, 0.2) is 0 Å². The van der Waals surface area contributed by atoms with Gasteiger partial charge in [-0.25, -0.2) is 4.79 Å². The number of carbonyl (C=O) groups excluding carboxylic acids is 1. The van der Waals surface area contributed by atoms with E-state index in [1.54, 1.807) is 31.2 Å². The highest BCUT2D eigenvalue weighted by molar-refractivity contribution is 6.32. The highest BCUT2D eigenvalue weighted by Gasteiger charge is 2.21. The van der Waals surface area contributed by atoms with Crippen molar-refractivity contribution in [2.45, 2.75) is 6.92 Å². The molecule has 0 aliphatic carbocycles. The van der Waals surface area contributed by atoms with Gasteiger partial charge in [-0.15, -0.1) is 6.42 Å². The number of terminal acetylenes is 1. The molecular weight excluding hydrogens is 266 g/mol. The molecule has 1 aromatic rings. The van der Waals surface area contributed by atoms with Crippen molar-refractivity contribution in [3.8, 4) is 18.1 Å². The zero-order valence-corrected chi connectivity index (χ0v) is 10.9. The Morgan fingerprint density at radius 3 is 2.95 bits per heavy atom. The van der Waals surface area contributed by atoms with Crippen LogP contribution in [0.4, 0.5) is 0 Å². The van der Waals surface area contributed by atoms with E-state index in [0.29, 0.717) is 22.1 Å². The van der Waals surface area contributed by atoms with Crippen LogP contribution in [0.2, 0.25) is 5.02 Å².